The van der Waals surface area contributed by atoms with Crippen LogP contribution in [0, 0.1) is 6.92 Å². The predicted molar refractivity (Wildman–Crippen MR) is 104 cm³/mol. The molecular weight excluding hydrogens is 386 g/mol. The number of imidazole rings is 1. The van der Waals surface area contributed by atoms with Crippen molar-refractivity contribution in [1.29, 1.82) is 0 Å². The number of nitrogens with two attached hydrogens (primary N) is 1. The predicted octanol–water partition coefficient (Wildman–Crippen LogP) is 3.46. The van der Waals surface area contributed by atoms with Gasteiger partial charge in [-0.3, -0.25) is 9.11 Å². The summed E-state index contributed by atoms with van der Waals surface area (Å²) in [5.74, 6) is 0.0280. The summed E-state index contributed by atoms with van der Waals surface area (Å²) >= 11 is 0. The molecule has 1 fully saturated rings. The molecular formula is C17H23N5O5S. The highest BCUT2D eigenvalue weighted by molar-refractivity contribution is 8.24. The van der Waals surface area contributed by atoms with E-state index in [2.05, 4.69) is 15.0 Å². The van der Waals surface area contributed by atoms with E-state index in [1.807, 2.05) is 0 Å². The van der Waals surface area contributed by atoms with Crippen molar-refractivity contribution in [2.75, 3.05) is 11.5 Å². The Morgan fingerprint density at radius 3 is 2.71 bits per heavy atom. The number of hydrogen-bond acceptors (Lipinski definition) is 9. The van der Waals surface area contributed by atoms with Crippen LogP contribution >= 0.6 is 10.6 Å². The van der Waals surface area contributed by atoms with Crippen molar-refractivity contribution in [1.82, 2.24) is 19.5 Å². The third-order valence-corrected chi connectivity index (χ3v) is 6.85. The molecule has 4 rings (SSSR count). The van der Waals surface area contributed by atoms with Crippen molar-refractivity contribution in [2.24, 2.45) is 0 Å². The molecule has 11 heteroatoms. The lowest BCUT2D eigenvalue weighted by Crippen LogP contribution is -2.14. The minimum absolute atomic E-state index is 0.0173. The van der Waals surface area contributed by atoms with Crippen LogP contribution in [0.1, 0.15) is 38.4 Å². The van der Waals surface area contributed by atoms with Crippen LogP contribution in [0.25, 0.3) is 17.0 Å². The number of furan rings is 1. The maximum Gasteiger partial charge on any atom is 0.320 e. The summed E-state index contributed by atoms with van der Waals surface area (Å²) in [5.41, 5.74) is 6.64. The molecule has 3 heterocycles. The molecule has 152 valence electrons. The van der Waals surface area contributed by atoms with E-state index in [1.165, 1.54) is 10.9 Å². The molecule has 0 saturated heterocycles. The van der Waals surface area contributed by atoms with Gasteiger partial charge in [-0.1, -0.05) is 0 Å². The molecule has 0 aliphatic heterocycles. The van der Waals surface area contributed by atoms with Crippen molar-refractivity contribution in [2.45, 2.75) is 50.5 Å². The highest BCUT2D eigenvalue weighted by Crippen LogP contribution is 2.56. The van der Waals surface area contributed by atoms with Gasteiger partial charge in [0.1, 0.15) is 23.1 Å². The van der Waals surface area contributed by atoms with Crippen molar-refractivity contribution in [3.63, 3.8) is 0 Å². The second-order valence-electron chi connectivity index (χ2n) is 6.80. The summed E-state index contributed by atoms with van der Waals surface area (Å²) in [7, 11) is -3.17. The Kier molecular flexibility index (Phi) is 4.60. The van der Waals surface area contributed by atoms with Crippen LogP contribution in [-0.2, 0) is 0 Å². The van der Waals surface area contributed by atoms with Crippen LogP contribution in [-0.4, -0.2) is 45.6 Å². The van der Waals surface area contributed by atoms with Gasteiger partial charge in [0.2, 0.25) is 5.75 Å². The van der Waals surface area contributed by atoms with Crippen LogP contribution in [0.5, 0.6) is 11.8 Å². The quantitative estimate of drug-likeness (QED) is 0.496. The molecule has 0 atom stereocenters. The first-order valence-electron chi connectivity index (χ1n) is 9.07. The largest absolute Gasteiger partial charge is 0.502 e. The maximum absolute atomic E-state index is 10.6. The van der Waals surface area contributed by atoms with E-state index >= 15 is 0 Å². The van der Waals surface area contributed by atoms with Crippen molar-refractivity contribution >= 4 is 27.6 Å². The van der Waals surface area contributed by atoms with Gasteiger partial charge < -0.3 is 20.0 Å². The van der Waals surface area contributed by atoms with Crippen molar-refractivity contribution in [3.05, 3.63) is 12.1 Å². The van der Waals surface area contributed by atoms with Gasteiger partial charge in [0.25, 0.3) is 5.88 Å². The van der Waals surface area contributed by atoms with E-state index in [1.54, 1.807) is 13.8 Å². The fourth-order valence-electron chi connectivity index (χ4n) is 3.45. The summed E-state index contributed by atoms with van der Waals surface area (Å²) < 4.78 is 33.4. The molecule has 5 N–H and O–H groups in total. The minimum atomic E-state index is -3.17. The Balaban J connectivity index is 1.81. The van der Waals surface area contributed by atoms with Gasteiger partial charge >= 0.3 is 6.01 Å². The first-order valence-corrected chi connectivity index (χ1v) is 10.8. The summed E-state index contributed by atoms with van der Waals surface area (Å²) in [6.07, 6.45) is 5.53. The Morgan fingerprint density at radius 1 is 1.32 bits per heavy atom. The molecule has 10 nitrogen and oxygen atoms in total. The molecule has 3 aromatic heterocycles. The molecule has 0 radical (unpaired) electrons. The van der Waals surface area contributed by atoms with Crippen molar-refractivity contribution < 1.29 is 23.4 Å². The lowest BCUT2D eigenvalue weighted by atomic mass is 10.3. The second kappa shape index (κ2) is 6.83. The van der Waals surface area contributed by atoms with Crippen LogP contribution < -0.4 is 10.5 Å². The average molecular weight is 409 g/mol. The number of rotatable bonds is 5. The molecule has 28 heavy (non-hydrogen) atoms. The normalized spacial score (nSPS) is 16.1. The second-order valence-corrected chi connectivity index (χ2v) is 9.12. The number of aromatic hydroxyl groups is 1. The average Bonchev–Trinajstić information content (AvgIpc) is 3.35. The van der Waals surface area contributed by atoms with E-state index in [4.69, 9.17) is 14.9 Å². The highest BCUT2D eigenvalue weighted by atomic mass is 32.3. The van der Waals surface area contributed by atoms with Gasteiger partial charge in [0.15, 0.2) is 17.0 Å². The zero-order valence-corrected chi connectivity index (χ0v) is 16.4. The zero-order chi connectivity index (χ0) is 20.1. The molecule has 0 unspecified atom stereocenters. The number of nitrogens with zero attached hydrogens (tertiary/aromatic N) is 4. The van der Waals surface area contributed by atoms with Crippen LogP contribution in [0.4, 0.5) is 5.82 Å². The SMILES string of the molecule is CCS(O)(O)c1c(C)oc(-n2cnc3c(N)nc(OC4CCCC4)nc32)c1O. The van der Waals surface area contributed by atoms with E-state index in [0.717, 1.165) is 25.7 Å². The van der Waals surface area contributed by atoms with Crippen LogP contribution in [0.3, 0.4) is 0 Å². The van der Waals surface area contributed by atoms with E-state index in [0.29, 0.717) is 11.2 Å². The third kappa shape index (κ3) is 3.05. The lowest BCUT2D eigenvalue weighted by Gasteiger charge is -2.29. The van der Waals surface area contributed by atoms with Gasteiger partial charge in [0, 0.05) is 5.75 Å². The number of nitrogen functional groups attached to an aromatic ring is 1. The maximum atomic E-state index is 10.6. The number of hydrogen-bond donors (Lipinski definition) is 4. The number of fused-ring (bicyclic) bond motifs is 1. The van der Waals surface area contributed by atoms with Gasteiger partial charge in [-0.15, -0.1) is 0 Å². The minimum Gasteiger partial charge on any atom is -0.502 e. The highest BCUT2D eigenvalue weighted by Gasteiger charge is 2.30. The van der Waals surface area contributed by atoms with Gasteiger partial charge in [0.05, 0.1) is 0 Å². The number of aryl methyl sites for hydroxylation is 1. The van der Waals surface area contributed by atoms with Crippen molar-refractivity contribution in [3.8, 4) is 17.6 Å². The molecule has 1 saturated carbocycles. The Bertz CT molecular complexity index is 1020. The summed E-state index contributed by atoms with van der Waals surface area (Å²) in [4.78, 5) is 12.7. The first kappa shape index (κ1) is 18.8. The van der Waals surface area contributed by atoms with E-state index in [-0.39, 0.29) is 46.0 Å². The number of ether oxygens (including phenoxy) is 1. The Hall–Kier alpha value is -2.50. The summed E-state index contributed by atoms with van der Waals surface area (Å²) in [6, 6.07) is 0.138. The fourth-order valence-corrected chi connectivity index (χ4v) is 4.64. The molecule has 1 aliphatic carbocycles. The zero-order valence-electron chi connectivity index (χ0n) is 15.6. The molecule has 1 aliphatic rings. The van der Waals surface area contributed by atoms with Crippen LogP contribution in [0.15, 0.2) is 15.6 Å². The molecule has 3 aromatic rings. The number of anilines is 1. The smallest absolute Gasteiger partial charge is 0.320 e. The summed E-state index contributed by atoms with van der Waals surface area (Å²) in [5, 5.41) is 10.6. The Labute approximate surface area is 162 Å². The van der Waals surface area contributed by atoms with Gasteiger partial charge in [-0.2, -0.15) is 20.6 Å². The molecule has 0 aromatic carbocycles. The third-order valence-electron chi connectivity index (χ3n) is 4.91. The van der Waals surface area contributed by atoms with E-state index < -0.39 is 10.6 Å². The molecule has 0 bridgehead atoms. The standard InChI is InChI=1S/C17H23N5O5S/c1-3-28(24,25)13-9(2)26-16(12(13)23)22-8-19-11-14(18)20-17(21-15(11)22)27-10-6-4-5-7-10/h8,10,23-25H,3-7H2,1-2H3,(H2,18,20,21). The van der Waals surface area contributed by atoms with E-state index in [9.17, 15) is 14.2 Å². The fraction of sp³-hybridized carbons (Fsp3) is 0.471. The number of aromatic nitrogens is 4. The lowest BCUT2D eigenvalue weighted by molar-refractivity contribution is 0.193. The summed E-state index contributed by atoms with van der Waals surface area (Å²) in [6.45, 7) is 3.17. The molecule has 0 amide bonds. The topological polar surface area (TPSA) is 153 Å². The van der Waals surface area contributed by atoms with Gasteiger partial charge in [-0.25, -0.2) is 9.55 Å². The van der Waals surface area contributed by atoms with Gasteiger partial charge in [-0.05, 0) is 39.5 Å². The first-order chi connectivity index (χ1) is 13.3. The van der Waals surface area contributed by atoms with Crippen LogP contribution in [0.2, 0.25) is 0 Å². The Morgan fingerprint density at radius 2 is 2.04 bits per heavy atom. The molecule has 0 spiro atoms. The monoisotopic (exact) mass is 409 g/mol.